The lowest BCUT2D eigenvalue weighted by molar-refractivity contribution is -0.119. The van der Waals surface area contributed by atoms with Crippen molar-refractivity contribution in [2.24, 2.45) is 14.1 Å². The average Bonchev–Trinajstić information content (AvgIpc) is 3.87. The number of pyridine rings is 2. The number of aromatic nitrogens is 4. The van der Waals surface area contributed by atoms with Crippen LogP contribution in [0.3, 0.4) is 0 Å². The van der Waals surface area contributed by atoms with Gasteiger partial charge in [0.15, 0.2) is 0 Å². The fourth-order valence-electron chi connectivity index (χ4n) is 8.43. The largest absolute Gasteiger partial charge is 0.481 e. The molecule has 3 aromatic heterocycles. The van der Waals surface area contributed by atoms with Crippen LogP contribution in [0.5, 0.6) is 5.88 Å². The second-order valence-corrected chi connectivity index (χ2v) is 14.6. The number of hydrogen-bond acceptors (Lipinski definition) is 8. The smallest absolute Gasteiger partial charge is 0.330 e. The molecule has 2 saturated heterocycles. The molecule has 0 unspecified atom stereocenters. The van der Waals surface area contributed by atoms with Gasteiger partial charge in [0.05, 0.1) is 28.9 Å². The van der Waals surface area contributed by atoms with E-state index in [4.69, 9.17) is 21.3 Å². The predicted molar refractivity (Wildman–Crippen MR) is 199 cm³/mol. The molecule has 0 saturated carbocycles. The van der Waals surface area contributed by atoms with Crippen molar-refractivity contribution >= 4 is 39.9 Å². The van der Waals surface area contributed by atoms with Crippen molar-refractivity contribution in [2.75, 3.05) is 25.5 Å². The van der Waals surface area contributed by atoms with E-state index in [0.717, 1.165) is 87.4 Å². The molecule has 2 aliphatic heterocycles. The summed E-state index contributed by atoms with van der Waals surface area (Å²) in [6.45, 7) is 3.58. The van der Waals surface area contributed by atoms with Crippen LogP contribution in [-0.2, 0) is 25.3 Å². The van der Waals surface area contributed by atoms with Gasteiger partial charge in [0.25, 0.3) is 12.0 Å². The van der Waals surface area contributed by atoms with Gasteiger partial charge in [0.1, 0.15) is 16.9 Å². The number of carbonyl (C=O) groups excluding carboxylic acids is 1. The predicted octanol–water partition coefficient (Wildman–Crippen LogP) is 6.35. The highest BCUT2D eigenvalue weighted by molar-refractivity contribution is 6.36. The quantitative estimate of drug-likeness (QED) is 0.198. The molecule has 2 fully saturated rings. The highest BCUT2D eigenvalue weighted by Gasteiger charge is 2.46. The van der Waals surface area contributed by atoms with Crippen LogP contribution in [0, 0.1) is 6.92 Å². The molecule has 1 aliphatic carbocycles. The number of rotatable bonds is 7. The Morgan fingerprint density at radius 1 is 1.00 bits per heavy atom. The Kier molecular flexibility index (Phi) is 8.61. The monoisotopic (exact) mass is 741 g/mol. The number of nitrogens with zero attached hydrogens (tertiary/aromatic N) is 5. The summed E-state index contributed by atoms with van der Waals surface area (Å²) in [7, 11) is 4.39. The molecule has 2 atom stereocenters. The van der Waals surface area contributed by atoms with E-state index in [1.807, 2.05) is 31.2 Å². The maximum absolute atomic E-state index is 14.0. The van der Waals surface area contributed by atoms with Crippen LogP contribution in [0.15, 0.2) is 58.1 Å². The number of anilines is 2. The number of carbonyl (C=O) groups is 1. The maximum atomic E-state index is 14.0. The summed E-state index contributed by atoms with van der Waals surface area (Å²) >= 11 is 7.21. The lowest BCUT2D eigenvalue weighted by Gasteiger charge is -2.28. The minimum Gasteiger partial charge on any atom is -0.481 e. The van der Waals surface area contributed by atoms with Crippen molar-refractivity contribution in [1.82, 2.24) is 29.3 Å². The fourth-order valence-corrected chi connectivity index (χ4v) is 8.75. The van der Waals surface area contributed by atoms with Gasteiger partial charge >= 0.3 is 5.69 Å². The second kappa shape index (κ2) is 13.1. The summed E-state index contributed by atoms with van der Waals surface area (Å²) in [4.78, 5) is 49.5. The maximum Gasteiger partial charge on any atom is 0.330 e. The Morgan fingerprint density at radius 2 is 1.75 bits per heavy atom. The second-order valence-electron chi connectivity index (χ2n) is 14.3. The zero-order valence-corrected chi connectivity index (χ0v) is 30.5. The third-order valence-corrected chi connectivity index (χ3v) is 11.6. The Labute approximate surface area is 308 Å². The summed E-state index contributed by atoms with van der Waals surface area (Å²) < 4.78 is 36.0. The molecule has 11 nitrogen and oxygen atoms in total. The topological polar surface area (TPSA) is 123 Å². The number of ether oxygens (including phenoxy) is 1. The van der Waals surface area contributed by atoms with Crippen molar-refractivity contribution in [2.45, 2.75) is 57.0 Å². The van der Waals surface area contributed by atoms with Crippen LogP contribution in [0.2, 0.25) is 5.02 Å². The Bertz CT molecular complexity index is 2470. The fraction of sp³-hybridized carbons (Fsp3) is 0.359. The number of amides is 1. The van der Waals surface area contributed by atoms with Crippen LogP contribution in [0.1, 0.15) is 60.5 Å². The van der Waals surface area contributed by atoms with Gasteiger partial charge in [-0.25, -0.2) is 23.5 Å². The lowest BCUT2D eigenvalue weighted by Crippen LogP contribution is -2.44. The highest BCUT2D eigenvalue weighted by atomic mass is 35.5. The van der Waals surface area contributed by atoms with Gasteiger partial charge in [0.2, 0.25) is 11.8 Å². The summed E-state index contributed by atoms with van der Waals surface area (Å²) in [6.07, 6.45) is 1.24. The number of halogens is 3. The summed E-state index contributed by atoms with van der Waals surface area (Å²) in [5.41, 5.74) is 4.45. The number of benzene rings is 2. The Morgan fingerprint density at radius 3 is 2.49 bits per heavy atom. The SMILES string of the molecule is COc1nc(-c2cccc(-c3cccc(Nc4nc(C(F)F)cc5c4c(=O)n(C)c(=O)n5C)c3C)c2Cl)cc2c1[C@H](N1CC[C@]3(CCC(=O)N3)C1)CC2. The number of nitrogens with one attached hydrogen (secondary N) is 2. The molecule has 2 aromatic carbocycles. The van der Waals surface area contributed by atoms with E-state index in [2.05, 4.69) is 26.6 Å². The molecule has 1 spiro atoms. The lowest BCUT2D eigenvalue weighted by atomic mass is 9.96. The zero-order chi connectivity index (χ0) is 37.3. The van der Waals surface area contributed by atoms with Crippen molar-refractivity contribution < 1.29 is 18.3 Å². The minimum absolute atomic E-state index is 0.0113. The average molecular weight is 742 g/mol. The molecule has 53 heavy (non-hydrogen) atoms. The van der Waals surface area contributed by atoms with Crippen LogP contribution >= 0.6 is 11.6 Å². The number of fused-ring (bicyclic) bond motifs is 2. The Hall–Kier alpha value is -5.14. The number of hydrogen-bond donors (Lipinski definition) is 2. The molecule has 2 N–H and O–H groups in total. The van der Waals surface area contributed by atoms with Crippen molar-refractivity contribution in [3.8, 4) is 28.3 Å². The molecule has 274 valence electrons. The molecule has 5 heterocycles. The van der Waals surface area contributed by atoms with Gasteiger partial charge in [-0.2, -0.15) is 0 Å². The number of methoxy groups -OCH3 is 1. The third-order valence-electron chi connectivity index (χ3n) is 11.2. The molecule has 1 amide bonds. The van der Waals surface area contributed by atoms with Gasteiger partial charge in [-0.3, -0.25) is 23.6 Å². The normalized spacial score (nSPS) is 19.8. The standard InChI is InChI=1S/C39H38ClF2N7O4/c1-20-22(7-6-10-25(20)43-35-32-29(18-27(44-35)34(41)42)47(2)38(52)48(3)37(32)51)23-8-5-9-24(33(23)40)26-17-21-11-12-28(31(21)36(45-26)53-4)49-16-15-39(19-49)14-13-30(50)46-39/h5-10,17-18,28,34H,11-16,19H2,1-4H3,(H,43,44)(H,46,50)/t28-,39-/m1/s1. The van der Waals surface area contributed by atoms with E-state index < -0.39 is 23.4 Å². The van der Waals surface area contributed by atoms with Gasteiger partial charge in [-0.05, 0) is 67.5 Å². The molecular weight excluding hydrogens is 704 g/mol. The molecule has 8 rings (SSSR count). The van der Waals surface area contributed by atoms with E-state index in [0.29, 0.717) is 28.7 Å². The summed E-state index contributed by atoms with van der Waals surface area (Å²) in [5.74, 6) is 0.611. The van der Waals surface area contributed by atoms with E-state index >= 15 is 0 Å². The van der Waals surface area contributed by atoms with Crippen LogP contribution in [-0.4, -0.2) is 55.6 Å². The molecule has 0 bridgehead atoms. The number of aryl methyl sites for hydroxylation is 2. The van der Waals surface area contributed by atoms with Gasteiger partial charge < -0.3 is 15.4 Å². The van der Waals surface area contributed by atoms with Gasteiger partial charge in [-0.15, -0.1) is 0 Å². The Balaban J connectivity index is 1.15. The first kappa shape index (κ1) is 34.9. The van der Waals surface area contributed by atoms with Gasteiger partial charge in [-0.1, -0.05) is 41.9 Å². The summed E-state index contributed by atoms with van der Waals surface area (Å²) in [6, 6.07) is 14.5. The molecule has 14 heteroatoms. The first-order chi connectivity index (χ1) is 25.4. The zero-order valence-electron chi connectivity index (χ0n) is 29.7. The van der Waals surface area contributed by atoms with Crippen molar-refractivity contribution in [1.29, 1.82) is 0 Å². The van der Waals surface area contributed by atoms with Crippen molar-refractivity contribution in [3.63, 3.8) is 0 Å². The van der Waals surface area contributed by atoms with Crippen LogP contribution in [0.25, 0.3) is 33.3 Å². The van der Waals surface area contributed by atoms with Crippen LogP contribution < -0.4 is 26.6 Å². The van der Waals surface area contributed by atoms with E-state index in [-0.39, 0.29) is 34.2 Å². The molecule has 5 aromatic rings. The molecular formula is C39H38ClF2N7O4. The van der Waals surface area contributed by atoms with E-state index in [9.17, 15) is 23.2 Å². The van der Waals surface area contributed by atoms with Crippen LogP contribution in [0.4, 0.5) is 20.3 Å². The van der Waals surface area contributed by atoms with Gasteiger partial charge in [0, 0.05) is 62.0 Å². The molecule has 3 aliphatic rings. The number of likely N-dealkylation sites (tertiary alicyclic amines) is 1. The first-order valence-corrected chi connectivity index (χ1v) is 17.9. The van der Waals surface area contributed by atoms with E-state index in [1.54, 1.807) is 19.2 Å². The third kappa shape index (κ3) is 5.77. The minimum atomic E-state index is -2.93. The molecule has 0 radical (unpaired) electrons. The highest BCUT2D eigenvalue weighted by Crippen LogP contribution is 2.47. The van der Waals surface area contributed by atoms with E-state index in [1.165, 1.54) is 14.1 Å². The summed E-state index contributed by atoms with van der Waals surface area (Å²) in [5, 5.41) is 6.84. The first-order valence-electron chi connectivity index (χ1n) is 17.6. The number of alkyl halides is 2. The van der Waals surface area contributed by atoms with Crippen molar-refractivity contribution in [3.05, 3.63) is 96.8 Å².